The molecule has 1 N–H and O–H groups in total. The molecule has 0 unspecified atom stereocenters. The quantitative estimate of drug-likeness (QED) is 0.853. The van der Waals surface area contributed by atoms with Crippen LogP contribution in [0.2, 0.25) is 5.02 Å². The highest BCUT2D eigenvalue weighted by Gasteiger charge is 2.36. The number of likely N-dealkylation sites (N-methyl/N-ethyl adjacent to an activating group) is 1. The molecule has 0 aliphatic carbocycles. The van der Waals surface area contributed by atoms with Crippen molar-refractivity contribution in [3.05, 3.63) is 16.4 Å². The lowest BCUT2D eigenvalue weighted by Crippen LogP contribution is -2.56. The molecular formula is C15H24ClN3O4. The Morgan fingerprint density at radius 2 is 2.22 bits per heavy atom. The van der Waals surface area contributed by atoms with Crippen LogP contribution in [0.25, 0.3) is 0 Å². The second-order valence-corrected chi connectivity index (χ2v) is 6.21. The van der Waals surface area contributed by atoms with Gasteiger partial charge in [-0.25, -0.2) is 0 Å². The minimum atomic E-state index is -0.758. The van der Waals surface area contributed by atoms with Gasteiger partial charge in [-0.05, 0) is 13.8 Å². The minimum absolute atomic E-state index is 0.0851. The number of nitrogens with zero attached hydrogens (tertiary/aromatic N) is 3. The first-order valence-corrected chi connectivity index (χ1v) is 7.98. The number of ether oxygens (including phenoxy) is 2. The average Bonchev–Trinajstić information content (AvgIpc) is 2.79. The molecule has 7 nitrogen and oxygen atoms in total. The standard InChI is InChI=1S/C15H24ClN3O4/c1-9-14(16)10(2)19(17-9)6-5-13(20)18(3)11-7-23-8-12(22-4)15(11)21/h11-12,15,21H,5-8H2,1-4H3/t11-,12-,15+/m1/s1. The van der Waals surface area contributed by atoms with Crippen molar-refractivity contribution < 1.29 is 19.4 Å². The second-order valence-electron chi connectivity index (χ2n) is 5.83. The summed E-state index contributed by atoms with van der Waals surface area (Å²) in [5.74, 6) is -0.0851. The van der Waals surface area contributed by atoms with Crippen molar-refractivity contribution in [3.63, 3.8) is 0 Å². The normalized spacial score (nSPS) is 24.7. The average molecular weight is 346 g/mol. The van der Waals surface area contributed by atoms with Gasteiger partial charge in [-0.2, -0.15) is 5.10 Å². The third kappa shape index (κ3) is 3.85. The summed E-state index contributed by atoms with van der Waals surface area (Å²) in [6.07, 6.45) is -0.903. The van der Waals surface area contributed by atoms with Gasteiger partial charge < -0.3 is 19.5 Å². The van der Waals surface area contributed by atoms with Gasteiger partial charge in [0.05, 0.1) is 42.2 Å². The highest BCUT2D eigenvalue weighted by molar-refractivity contribution is 6.31. The van der Waals surface area contributed by atoms with Crippen LogP contribution in [0.5, 0.6) is 0 Å². The van der Waals surface area contributed by atoms with Gasteiger partial charge in [0.25, 0.3) is 0 Å². The minimum Gasteiger partial charge on any atom is -0.388 e. The number of carbonyl (C=O) groups is 1. The fraction of sp³-hybridized carbons (Fsp3) is 0.733. The number of amides is 1. The summed E-state index contributed by atoms with van der Waals surface area (Å²) in [6.45, 7) is 4.79. The highest BCUT2D eigenvalue weighted by Crippen LogP contribution is 2.20. The fourth-order valence-corrected chi connectivity index (χ4v) is 2.89. The molecule has 1 amide bonds. The maximum atomic E-state index is 12.4. The SMILES string of the molecule is CO[C@@H]1COC[C@@H](N(C)C(=O)CCn2nc(C)c(Cl)c2C)[C@@H]1O. The molecule has 8 heteroatoms. The predicted octanol–water partition coefficient (Wildman–Crippen LogP) is 0.777. The molecule has 23 heavy (non-hydrogen) atoms. The Morgan fingerprint density at radius 3 is 2.78 bits per heavy atom. The summed E-state index contributed by atoms with van der Waals surface area (Å²) in [5, 5.41) is 15.2. The van der Waals surface area contributed by atoms with Crippen LogP contribution in [0.1, 0.15) is 17.8 Å². The maximum absolute atomic E-state index is 12.4. The zero-order valence-corrected chi connectivity index (χ0v) is 14.7. The molecule has 1 aromatic rings. The molecule has 2 rings (SSSR count). The van der Waals surface area contributed by atoms with Gasteiger partial charge in [0.1, 0.15) is 12.2 Å². The number of halogens is 1. The van der Waals surface area contributed by atoms with Crippen molar-refractivity contribution in [1.82, 2.24) is 14.7 Å². The third-order valence-electron chi connectivity index (χ3n) is 4.37. The molecular weight excluding hydrogens is 322 g/mol. The van der Waals surface area contributed by atoms with Crippen molar-refractivity contribution in [2.24, 2.45) is 0 Å². The van der Waals surface area contributed by atoms with E-state index in [9.17, 15) is 9.90 Å². The summed E-state index contributed by atoms with van der Waals surface area (Å²) < 4.78 is 12.3. The molecule has 0 aromatic carbocycles. The Hall–Kier alpha value is -1.15. The van der Waals surface area contributed by atoms with Crippen LogP contribution in [-0.2, 0) is 20.8 Å². The van der Waals surface area contributed by atoms with E-state index in [0.717, 1.165) is 11.4 Å². The molecule has 1 aliphatic rings. The van der Waals surface area contributed by atoms with E-state index in [1.54, 1.807) is 11.7 Å². The number of rotatable bonds is 5. The van der Waals surface area contributed by atoms with Crippen LogP contribution < -0.4 is 0 Å². The lowest BCUT2D eigenvalue weighted by Gasteiger charge is -2.38. The molecule has 0 spiro atoms. The largest absolute Gasteiger partial charge is 0.388 e. The van der Waals surface area contributed by atoms with Crippen LogP contribution in [0.4, 0.5) is 0 Å². The van der Waals surface area contributed by atoms with E-state index in [4.69, 9.17) is 21.1 Å². The van der Waals surface area contributed by atoms with Gasteiger partial charge in [0.15, 0.2) is 0 Å². The molecule has 0 saturated carbocycles. The lowest BCUT2D eigenvalue weighted by atomic mass is 10.0. The van der Waals surface area contributed by atoms with Crippen molar-refractivity contribution in [3.8, 4) is 0 Å². The van der Waals surface area contributed by atoms with Crippen molar-refractivity contribution in [2.45, 2.75) is 45.1 Å². The number of aliphatic hydroxyl groups is 1. The van der Waals surface area contributed by atoms with E-state index in [0.29, 0.717) is 24.8 Å². The van der Waals surface area contributed by atoms with Crippen molar-refractivity contribution >= 4 is 17.5 Å². The van der Waals surface area contributed by atoms with E-state index < -0.39 is 18.2 Å². The molecule has 130 valence electrons. The smallest absolute Gasteiger partial charge is 0.224 e. The molecule has 1 aliphatic heterocycles. The van der Waals surface area contributed by atoms with Crippen molar-refractivity contribution in [2.75, 3.05) is 27.4 Å². The number of aromatic nitrogens is 2. The lowest BCUT2D eigenvalue weighted by molar-refractivity contribution is -0.158. The number of hydrogen-bond donors (Lipinski definition) is 1. The number of aliphatic hydroxyl groups excluding tert-OH is 1. The topological polar surface area (TPSA) is 76.8 Å². The van der Waals surface area contributed by atoms with Crippen LogP contribution in [0.3, 0.4) is 0 Å². The summed E-state index contributed by atoms with van der Waals surface area (Å²) in [7, 11) is 3.19. The van der Waals surface area contributed by atoms with Gasteiger partial charge in [0, 0.05) is 20.6 Å². The molecule has 0 bridgehead atoms. The van der Waals surface area contributed by atoms with E-state index >= 15 is 0 Å². The Kier molecular flexibility index (Phi) is 6.02. The Bertz CT molecular complexity index is 563. The van der Waals surface area contributed by atoms with E-state index in [1.165, 1.54) is 12.0 Å². The van der Waals surface area contributed by atoms with Crippen LogP contribution >= 0.6 is 11.6 Å². The molecule has 1 aromatic heterocycles. The molecule has 3 atom stereocenters. The number of methoxy groups -OCH3 is 1. The zero-order valence-electron chi connectivity index (χ0n) is 14.0. The first-order chi connectivity index (χ1) is 10.9. The van der Waals surface area contributed by atoms with Crippen LogP contribution in [-0.4, -0.2) is 71.3 Å². The van der Waals surface area contributed by atoms with Gasteiger partial charge in [-0.1, -0.05) is 11.6 Å². The summed E-state index contributed by atoms with van der Waals surface area (Å²) in [6, 6.07) is -0.412. The zero-order chi connectivity index (χ0) is 17.1. The number of carbonyl (C=O) groups excluding carboxylic acids is 1. The number of hydrogen-bond acceptors (Lipinski definition) is 5. The van der Waals surface area contributed by atoms with Gasteiger partial charge in [-0.15, -0.1) is 0 Å². The summed E-state index contributed by atoms with van der Waals surface area (Å²) in [5.41, 5.74) is 1.60. The molecule has 1 saturated heterocycles. The van der Waals surface area contributed by atoms with Gasteiger partial charge in [-0.3, -0.25) is 9.48 Å². The molecule has 2 heterocycles. The van der Waals surface area contributed by atoms with Gasteiger partial charge in [0.2, 0.25) is 5.91 Å². The van der Waals surface area contributed by atoms with E-state index in [1.807, 2.05) is 13.8 Å². The highest BCUT2D eigenvalue weighted by atomic mass is 35.5. The van der Waals surface area contributed by atoms with Crippen LogP contribution in [0.15, 0.2) is 0 Å². The van der Waals surface area contributed by atoms with E-state index in [2.05, 4.69) is 5.10 Å². The van der Waals surface area contributed by atoms with Crippen molar-refractivity contribution in [1.29, 1.82) is 0 Å². The monoisotopic (exact) mass is 345 g/mol. The predicted molar refractivity (Wildman–Crippen MR) is 85.5 cm³/mol. The number of aryl methyl sites for hydroxylation is 2. The first-order valence-electron chi connectivity index (χ1n) is 7.60. The Labute approximate surface area is 141 Å². The summed E-state index contributed by atoms with van der Waals surface area (Å²) in [4.78, 5) is 13.9. The Balaban J connectivity index is 1.95. The molecule has 1 fully saturated rings. The molecule has 0 radical (unpaired) electrons. The maximum Gasteiger partial charge on any atom is 0.224 e. The van der Waals surface area contributed by atoms with Crippen LogP contribution in [0, 0.1) is 13.8 Å². The fourth-order valence-electron chi connectivity index (χ4n) is 2.75. The second kappa shape index (κ2) is 7.61. The third-order valence-corrected chi connectivity index (χ3v) is 4.92. The van der Waals surface area contributed by atoms with E-state index in [-0.39, 0.29) is 12.3 Å². The first kappa shape index (κ1) is 18.2. The van der Waals surface area contributed by atoms with Gasteiger partial charge >= 0.3 is 0 Å². The summed E-state index contributed by atoms with van der Waals surface area (Å²) >= 11 is 6.11. The Morgan fingerprint density at radius 1 is 1.52 bits per heavy atom.